The van der Waals surface area contributed by atoms with Crippen LogP contribution in [0.25, 0.3) is 11.0 Å². The number of unbranched alkanes of at least 4 members (excludes halogenated alkanes) is 1. The minimum Gasteiger partial charge on any atom is -0.496 e. The molecule has 1 aromatic carbocycles. The second-order valence-corrected chi connectivity index (χ2v) is 6.85. The highest BCUT2D eigenvalue weighted by atomic mass is 16.5. The number of hydrogen-bond donors (Lipinski definition) is 3. The van der Waals surface area contributed by atoms with Gasteiger partial charge in [0.25, 0.3) is 0 Å². The lowest BCUT2D eigenvalue weighted by Gasteiger charge is -2.15. The molecule has 4 N–H and O–H groups in total. The average Bonchev–Trinajstić information content (AvgIpc) is 3.10. The van der Waals surface area contributed by atoms with E-state index in [1.165, 1.54) is 5.56 Å². The van der Waals surface area contributed by atoms with Crippen LogP contribution in [0.1, 0.15) is 43.9 Å². The molecule has 0 fully saturated rings. The molecule has 3 aromatic rings. The summed E-state index contributed by atoms with van der Waals surface area (Å²) in [6.07, 6.45) is 4.05. The molecule has 0 saturated carbocycles. The summed E-state index contributed by atoms with van der Waals surface area (Å²) in [7, 11) is 3.63. The molecule has 3 rings (SSSR count). The molecule has 0 aliphatic carbocycles. The van der Waals surface area contributed by atoms with Gasteiger partial charge in [-0.25, -0.2) is 4.98 Å². The van der Waals surface area contributed by atoms with Crippen molar-refractivity contribution >= 4 is 22.8 Å². The van der Waals surface area contributed by atoms with Gasteiger partial charge in [-0.05, 0) is 32.0 Å². The van der Waals surface area contributed by atoms with Crippen LogP contribution in [0.4, 0.5) is 11.8 Å². The Morgan fingerprint density at radius 2 is 2.11 bits per heavy atom. The van der Waals surface area contributed by atoms with Gasteiger partial charge in [-0.3, -0.25) is 4.68 Å². The maximum atomic E-state index is 5.87. The number of methoxy groups -OCH3 is 1. The Kier molecular flexibility index (Phi) is 6.30. The monoisotopic (exact) mass is 383 g/mol. The number of benzene rings is 1. The van der Waals surface area contributed by atoms with Gasteiger partial charge in [-0.2, -0.15) is 10.1 Å². The molecule has 0 aliphatic heterocycles. The van der Waals surface area contributed by atoms with E-state index in [0.29, 0.717) is 12.4 Å². The number of aromatic nitrogens is 4. The fourth-order valence-electron chi connectivity index (χ4n) is 3.07. The molecular formula is C20H29N7O. The van der Waals surface area contributed by atoms with Crippen LogP contribution in [0.5, 0.6) is 5.75 Å². The highest BCUT2D eigenvalue weighted by Gasteiger charge is 2.13. The third-order valence-electron chi connectivity index (χ3n) is 4.83. The van der Waals surface area contributed by atoms with Crippen LogP contribution in [-0.2, 0) is 6.54 Å². The van der Waals surface area contributed by atoms with Gasteiger partial charge in [0.15, 0.2) is 11.3 Å². The summed E-state index contributed by atoms with van der Waals surface area (Å²) >= 11 is 0. The summed E-state index contributed by atoms with van der Waals surface area (Å²) in [6.45, 7) is 5.66. The van der Waals surface area contributed by atoms with E-state index < -0.39 is 0 Å². The van der Waals surface area contributed by atoms with E-state index in [1.807, 2.05) is 17.9 Å². The van der Waals surface area contributed by atoms with Crippen LogP contribution in [-0.4, -0.2) is 40.5 Å². The van der Waals surface area contributed by atoms with Crippen molar-refractivity contribution in [1.82, 2.24) is 25.1 Å². The van der Waals surface area contributed by atoms with Crippen LogP contribution in [0.2, 0.25) is 0 Å². The second kappa shape index (κ2) is 8.88. The number of fused-ring (bicyclic) bond motifs is 1. The number of nitrogens with one attached hydrogen (secondary N) is 2. The van der Waals surface area contributed by atoms with Crippen molar-refractivity contribution in [3.8, 4) is 5.75 Å². The molecule has 0 radical (unpaired) electrons. The number of rotatable bonds is 9. The van der Waals surface area contributed by atoms with Crippen molar-refractivity contribution in [2.24, 2.45) is 0 Å². The molecule has 0 amide bonds. The number of ether oxygens (including phenoxy) is 1. The lowest BCUT2D eigenvalue weighted by molar-refractivity contribution is 0.406. The first-order valence-corrected chi connectivity index (χ1v) is 9.64. The Morgan fingerprint density at radius 1 is 1.29 bits per heavy atom. The van der Waals surface area contributed by atoms with Gasteiger partial charge in [0.05, 0.1) is 19.9 Å². The number of nitrogens with zero attached hydrogens (tertiary/aromatic N) is 4. The maximum Gasteiger partial charge on any atom is 0.222 e. The summed E-state index contributed by atoms with van der Waals surface area (Å²) in [5.41, 5.74) is 9.54. The van der Waals surface area contributed by atoms with Crippen molar-refractivity contribution in [2.45, 2.75) is 39.3 Å². The van der Waals surface area contributed by atoms with E-state index in [9.17, 15) is 0 Å². The van der Waals surface area contributed by atoms with Crippen molar-refractivity contribution in [3.63, 3.8) is 0 Å². The first-order chi connectivity index (χ1) is 13.5. The van der Waals surface area contributed by atoms with E-state index in [0.717, 1.165) is 41.7 Å². The predicted octanol–water partition coefficient (Wildman–Crippen LogP) is 2.96. The van der Waals surface area contributed by atoms with Gasteiger partial charge in [0.1, 0.15) is 11.3 Å². The quantitative estimate of drug-likeness (QED) is 0.488. The van der Waals surface area contributed by atoms with E-state index in [-0.39, 0.29) is 12.0 Å². The Balaban J connectivity index is 1.89. The molecular weight excluding hydrogens is 354 g/mol. The topological polar surface area (TPSA) is 103 Å². The van der Waals surface area contributed by atoms with Crippen LogP contribution in [0.3, 0.4) is 0 Å². The summed E-state index contributed by atoms with van der Waals surface area (Å²) in [5.74, 6) is 1.76. The standard InChI is InChI=1S/C20H29N7O/c1-5-6-9-23-19-18-16(24-20(21)25-19)12-27(26-18)11-15-8-7-14(13(2)22-3)10-17(15)28-4/h7-8,10,12-13,22H,5-6,9,11H2,1-4H3,(H3,21,23,24,25). The van der Waals surface area contributed by atoms with Gasteiger partial charge < -0.3 is 21.1 Å². The fourth-order valence-corrected chi connectivity index (χ4v) is 3.07. The highest BCUT2D eigenvalue weighted by Crippen LogP contribution is 2.26. The maximum absolute atomic E-state index is 5.87. The second-order valence-electron chi connectivity index (χ2n) is 6.85. The summed E-state index contributed by atoms with van der Waals surface area (Å²) in [4.78, 5) is 8.64. The zero-order valence-electron chi connectivity index (χ0n) is 17.0. The third kappa shape index (κ3) is 4.33. The van der Waals surface area contributed by atoms with Crippen LogP contribution < -0.4 is 21.1 Å². The number of anilines is 2. The Morgan fingerprint density at radius 3 is 2.82 bits per heavy atom. The van der Waals surface area contributed by atoms with Crippen molar-refractivity contribution in [3.05, 3.63) is 35.5 Å². The third-order valence-corrected chi connectivity index (χ3v) is 4.83. The van der Waals surface area contributed by atoms with Gasteiger partial charge in [0, 0.05) is 18.2 Å². The smallest absolute Gasteiger partial charge is 0.222 e. The molecule has 8 heteroatoms. The van der Waals surface area contributed by atoms with Gasteiger partial charge >= 0.3 is 0 Å². The van der Waals surface area contributed by atoms with Gasteiger partial charge in [-0.1, -0.05) is 25.5 Å². The lowest BCUT2D eigenvalue weighted by atomic mass is 10.0. The molecule has 2 heterocycles. The van der Waals surface area contributed by atoms with E-state index in [2.05, 4.69) is 57.7 Å². The lowest BCUT2D eigenvalue weighted by Crippen LogP contribution is -2.12. The fraction of sp³-hybridized carbons (Fsp3) is 0.450. The Labute approximate surface area is 165 Å². The molecule has 2 aromatic heterocycles. The Hall–Kier alpha value is -2.87. The average molecular weight is 384 g/mol. The Bertz CT molecular complexity index is 938. The molecule has 8 nitrogen and oxygen atoms in total. The summed E-state index contributed by atoms with van der Waals surface area (Å²) in [5, 5.41) is 11.2. The van der Waals surface area contributed by atoms with E-state index >= 15 is 0 Å². The highest BCUT2D eigenvalue weighted by molar-refractivity contribution is 5.85. The van der Waals surface area contributed by atoms with Gasteiger partial charge in [0.2, 0.25) is 5.95 Å². The van der Waals surface area contributed by atoms with Crippen LogP contribution in [0.15, 0.2) is 24.4 Å². The zero-order chi connectivity index (χ0) is 20.1. The molecule has 0 spiro atoms. The number of nitrogens with two attached hydrogens (primary N) is 1. The molecule has 0 saturated heterocycles. The molecule has 28 heavy (non-hydrogen) atoms. The first kappa shape index (κ1) is 19.9. The molecule has 0 aliphatic rings. The number of hydrogen-bond acceptors (Lipinski definition) is 7. The first-order valence-electron chi connectivity index (χ1n) is 9.64. The van der Waals surface area contributed by atoms with Crippen LogP contribution in [0, 0.1) is 0 Å². The minimum atomic E-state index is 0.244. The largest absolute Gasteiger partial charge is 0.496 e. The van der Waals surface area contributed by atoms with Crippen molar-refractivity contribution < 1.29 is 4.74 Å². The summed E-state index contributed by atoms with van der Waals surface area (Å²) in [6, 6.07) is 6.51. The van der Waals surface area contributed by atoms with E-state index in [1.54, 1.807) is 7.11 Å². The predicted molar refractivity (Wildman–Crippen MR) is 113 cm³/mol. The van der Waals surface area contributed by atoms with Crippen LogP contribution >= 0.6 is 0 Å². The molecule has 1 unspecified atom stereocenters. The van der Waals surface area contributed by atoms with E-state index in [4.69, 9.17) is 10.5 Å². The van der Waals surface area contributed by atoms with Gasteiger partial charge in [-0.15, -0.1) is 0 Å². The SMILES string of the molecule is CCCCNc1nc(N)nc2cn(Cc3ccc(C(C)NC)cc3OC)nc12. The van der Waals surface area contributed by atoms with Crippen molar-refractivity contribution in [2.75, 3.05) is 31.8 Å². The molecule has 1 atom stereocenters. The number of nitrogen functional groups attached to an aromatic ring is 1. The normalized spacial score (nSPS) is 12.3. The molecule has 0 bridgehead atoms. The summed E-state index contributed by atoms with van der Waals surface area (Å²) < 4.78 is 7.46. The molecule has 150 valence electrons. The zero-order valence-corrected chi connectivity index (χ0v) is 17.0. The van der Waals surface area contributed by atoms with Crippen molar-refractivity contribution in [1.29, 1.82) is 0 Å². The minimum absolute atomic E-state index is 0.244.